The first-order chi connectivity index (χ1) is 12.3. The number of hydrogen-bond donors (Lipinski definition) is 3. The summed E-state index contributed by atoms with van der Waals surface area (Å²) in [6.07, 6.45) is -2.44. The lowest BCUT2D eigenvalue weighted by molar-refractivity contribution is -0.138. The van der Waals surface area contributed by atoms with Crippen LogP contribution >= 0.6 is 0 Å². The van der Waals surface area contributed by atoms with E-state index in [0.29, 0.717) is 32.5 Å². The Morgan fingerprint density at radius 1 is 1.04 bits per heavy atom. The molecule has 1 atom stereocenters. The van der Waals surface area contributed by atoms with E-state index in [1.54, 1.807) is 6.07 Å². The first-order valence-electron chi connectivity index (χ1n) is 9.07. The maximum Gasteiger partial charge on any atom is 0.416 e. The molecule has 148 valence electrons. The summed E-state index contributed by atoms with van der Waals surface area (Å²) in [7, 11) is 0. The van der Waals surface area contributed by atoms with Crippen LogP contribution < -0.4 is 0 Å². The third kappa shape index (κ3) is 5.67. The molecule has 26 heavy (non-hydrogen) atoms. The number of benzene rings is 1. The molecule has 1 aliphatic rings. The van der Waals surface area contributed by atoms with Gasteiger partial charge in [-0.05, 0) is 55.8 Å². The highest BCUT2D eigenvalue weighted by molar-refractivity contribution is 5.30. The quantitative estimate of drug-likeness (QED) is 0.653. The lowest BCUT2D eigenvalue weighted by Gasteiger charge is -2.42. The number of alkyl halides is 3. The maximum atomic E-state index is 13.1. The average Bonchev–Trinajstić information content (AvgIpc) is 2.57. The van der Waals surface area contributed by atoms with Crippen molar-refractivity contribution in [1.82, 2.24) is 4.90 Å². The van der Waals surface area contributed by atoms with E-state index in [9.17, 15) is 28.5 Å². The van der Waals surface area contributed by atoms with Gasteiger partial charge in [-0.1, -0.05) is 18.2 Å². The Kier molecular flexibility index (Phi) is 7.46. The van der Waals surface area contributed by atoms with Crippen molar-refractivity contribution in [2.75, 3.05) is 32.8 Å². The number of β-amino-alcohol motifs (C(OH)–C–C–N with tert-alkyl or cyclic N) is 1. The molecule has 1 unspecified atom stereocenters. The van der Waals surface area contributed by atoms with Crippen molar-refractivity contribution in [2.45, 2.75) is 44.4 Å². The lowest BCUT2D eigenvalue weighted by Crippen LogP contribution is -2.44. The van der Waals surface area contributed by atoms with Gasteiger partial charge in [0.2, 0.25) is 0 Å². The third-order valence-corrected chi connectivity index (χ3v) is 5.45. The molecule has 2 rings (SSSR count). The van der Waals surface area contributed by atoms with Crippen LogP contribution in [0.4, 0.5) is 13.2 Å². The van der Waals surface area contributed by atoms with Crippen LogP contribution in [0.25, 0.3) is 0 Å². The van der Waals surface area contributed by atoms with Crippen molar-refractivity contribution in [2.24, 2.45) is 5.41 Å². The van der Waals surface area contributed by atoms with Gasteiger partial charge < -0.3 is 20.2 Å². The number of nitrogens with zero attached hydrogens (tertiary/aromatic N) is 1. The monoisotopic (exact) mass is 375 g/mol. The highest BCUT2D eigenvalue weighted by Gasteiger charge is 2.35. The fourth-order valence-corrected chi connectivity index (χ4v) is 3.90. The van der Waals surface area contributed by atoms with Crippen LogP contribution in [0.15, 0.2) is 24.3 Å². The molecular formula is C19H28F3NO3. The van der Waals surface area contributed by atoms with Crippen LogP contribution in [-0.4, -0.2) is 59.2 Å². The Morgan fingerprint density at radius 2 is 1.62 bits per heavy atom. The molecule has 0 radical (unpaired) electrons. The largest absolute Gasteiger partial charge is 0.416 e. The fraction of sp³-hybridized carbons (Fsp3) is 0.684. The van der Waals surface area contributed by atoms with Gasteiger partial charge in [0.25, 0.3) is 0 Å². The standard InChI is InChI=1S/C19H28F3NO3/c20-19(21,22)17-4-2-1-3-15(17)13-16(26)14-23-9-5-18(6-10-23,7-11-24)8-12-25/h1-4,16,24-26H,5-14H2. The summed E-state index contributed by atoms with van der Waals surface area (Å²) in [5, 5.41) is 28.8. The van der Waals surface area contributed by atoms with Crippen LogP contribution in [0, 0.1) is 5.41 Å². The topological polar surface area (TPSA) is 63.9 Å². The van der Waals surface area contributed by atoms with E-state index < -0.39 is 17.8 Å². The predicted molar refractivity (Wildman–Crippen MR) is 92.7 cm³/mol. The number of hydrogen-bond acceptors (Lipinski definition) is 4. The summed E-state index contributed by atoms with van der Waals surface area (Å²) in [4.78, 5) is 2.05. The molecule has 7 heteroatoms. The number of aliphatic hydroxyl groups is 3. The zero-order valence-corrected chi connectivity index (χ0v) is 14.9. The first-order valence-corrected chi connectivity index (χ1v) is 9.07. The van der Waals surface area contributed by atoms with Crippen LogP contribution in [0.2, 0.25) is 0 Å². The second-order valence-corrected chi connectivity index (χ2v) is 7.26. The molecule has 0 saturated carbocycles. The molecule has 1 heterocycles. The van der Waals surface area contributed by atoms with E-state index in [4.69, 9.17) is 0 Å². The summed E-state index contributed by atoms with van der Waals surface area (Å²) >= 11 is 0. The van der Waals surface area contributed by atoms with Gasteiger partial charge in [-0.2, -0.15) is 13.2 Å². The van der Waals surface area contributed by atoms with Gasteiger partial charge in [0.05, 0.1) is 11.7 Å². The van der Waals surface area contributed by atoms with Gasteiger partial charge in [0.1, 0.15) is 0 Å². The zero-order valence-electron chi connectivity index (χ0n) is 14.9. The van der Waals surface area contributed by atoms with Crippen molar-refractivity contribution in [1.29, 1.82) is 0 Å². The highest BCUT2D eigenvalue weighted by atomic mass is 19.4. The summed E-state index contributed by atoms with van der Waals surface area (Å²) in [6, 6.07) is 5.36. The van der Waals surface area contributed by atoms with E-state index in [0.717, 1.165) is 18.9 Å². The number of piperidine rings is 1. The summed E-state index contributed by atoms with van der Waals surface area (Å²) in [5.74, 6) is 0. The van der Waals surface area contributed by atoms with E-state index in [2.05, 4.69) is 0 Å². The van der Waals surface area contributed by atoms with Gasteiger partial charge in [-0.25, -0.2) is 0 Å². The molecule has 0 aliphatic carbocycles. The number of halogens is 3. The molecule has 0 aromatic heterocycles. The molecule has 4 nitrogen and oxygen atoms in total. The minimum atomic E-state index is -4.42. The second-order valence-electron chi connectivity index (χ2n) is 7.26. The molecule has 1 aliphatic heterocycles. The third-order valence-electron chi connectivity index (χ3n) is 5.45. The highest BCUT2D eigenvalue weighted by Crippen LogP contribution is 2.38. The number of aliphatic hydroxyl groups excluding tert-OH is 3. The van der Waals surface area contributed by atoms with Crippen molar-refractivity contribution < 1.29 is 28.5 Å². The normalized spacial score (nSPS) is 19.5. The minimum absolute atomic E-state index is 0.0371. The lowest BCUT2D eigenvalue weighted by atomic mass is 9.73. The Balaban J connectivity index is 1.91. The van der Waals surface area contributed by atoms with E-state index in [1.165, 1.54) is 12.1 Å². The van der Waals surface area contributed by atoms with Crippen molar-refractivity contribution in [3.63, 3.8) is 0 Å². The Labute approximate surface area is 152 Å². The molecule has 3 N–H and O–H groups in total. The predicted octanol–water partition coefficient (Wildman–Crippen LogP) is 2.46. The van der Waals surface area contributed by atoms with Gasteiger partial charge >= 0.3 is 6.18 Å². The minimum Gasteiger partial charge on any atom is -0.396 e. The Hall–Kier alpha value is -1.15. The second kappa shape index (κ2) is 9.17. The van der Waals surface area contributed by atoms with E-state index in [-0.39, 0.29) is 30.6 Å². The van der Waals surface area contributed by atoms with Crippen molar-refractivity contribution in [3.8, 4) is 0 Å². The van der Waals surface area contributed by atoms with Gasteiger partial charge in [0.15, 0.2) is 0 Å². The summed E-state index contributed by atoms with van der Waals surface area (Å²) < 4.78 is 39.2. The van der Waals surface area contributed by atoms with Gasteiger partial charge in [-0.3, -0.25) is 0 Å². The van der Waals surface area contributed by atoms with Crippen molar-refractivity contribution >= 4 is 0 Å². The van der Waals surface area contributed by atoms with Gasteiger partial charge in [0, 0.05) is 26.2 Å². The summed E-state index contributed by atoms with van der Waals surface area (Å²) in [6.45, 7) is 1.89. The Morgan fingerprint density at radius 3 is 2.15 bits per heavy atom. The zero-order chi connectivity index (χ0) is 19.2. The van der Waals surface area contributed by atoms with Crippen LogP contribution in [0.3, 0.4) is 0 Å². The molecular weight excluding hydrogens is 347 g/mol. The number of likely N-dealkylation sites (tertiary alicyclic amines) is 1. The molecule has 1 saturated heterocycles. The van der Waals surface area contributed by atoms with Crippen LogP contribution in [0.1, 0.15) is 36.8 Å². The molecule has 0 amide bonds. The van der Waals surface area contributed by atoms with E-state index in [1.807, 2.05) is 4.90 Å². The average molecular weight is 375 g/mol. The molecule has 1 aromatic rings. The number of rotatable bonds is 8. The van der Waals surface area contributed by atoms with Crippen molar-refractivity contribution in [3.05, 3.63) is 35.4 Å². The molecule has 1 fully saturated rings. The summed E-state index contributed by atoms with van der Waals surface area (Å²) in [5.41, 5.74) is -0.657. The fourth-order valence-electron chi connectivity index (χ4n) is 3.90. The SMILES string of the molecule is OCCC1(CCO)CCN(CC(O)Cc2ccccc2C(F)(F)F)CC1. The molecule has 1 aromatic carbocycles. The smallest absolute Gasteiger partial charge is 0.396 e. The molecule has 0 bridgehead atoms. The van der Waals surface area contributed by atoms with Gasteiger partial charge in [-0.15, -0.1) is 0 Å². The van der Waals surface area contributed by atoms with Crippen LogP contribution in [0.5, 0.6) is 0 Å². The van der Waals surface area contributed by atoms with Crippen LogP contribution in [-0.2, 0) is 12.6 Å². The molecule has 0 spiro atoms. The Bertz CT molecular complexity index is 549. The first kappa shape index (κ1) is 21.2. The maximum absolute atomic E-state index is 13.1. The van der Waals surface area contributed by atoms with E-state index >= 15 is 0 Å².